The summed E-state index contributed by atoms with van der Waals surface area (Å²) in [4.78, 5) is 7.35. The molecule has 0 saturated heterocycles. The van der Waals surface area contributed by atoms with Crippen LogP contribution in [0, 0.1) is 3.57 Å². The van der Waals surface area contributed by atoms with E-state index in [2.05, 4.69) is 32.6 Å². The molecule has 72 valence electrons. The molecule has 0 saturated carbocycles. The topological polar surface area (TPSA) is 51.8 Å². The van der Waals surface area contributed by atoms with E-state index in [1.54, 1.807) is 18.5 Å². The van der Waals surface area contributed by atoms with Gasteiger partial charge < -0.3 is 5.73 Å². The van der Waals surface area contributed by atoms with E-state index in [9.17, 15) is 0 Å². The number of nitrogen functional groups attached to an aromatic ring is 1. The molecule has 0 atom stereocenters. The van der Waals surface area contributed by atoms with Gasteiger partial charge in [0.25, 0.3) is 0 Å². The Morgan fingerprint density at radius 3 is 1.86 bits per heavy atom. The molecule has 0 radical (unpaired) electrons. The first-order valence-electron chi connectivity index (χ1n) is 4.00. The van der Waals surface area contributed by atoms with Gasteiger partial charge in [-0.15, -0.1) is 0 Å². The van der Waals surface area contributed by atoms with E-state index in [1.165, 1.54) is 9.90 Å². The van der Waals surface area contributed by atoms with Crippen molar-refractivity contribution in [2.24, 2.45) is 0 Å². The molecule has 3 nitrogen and oxygen atoms in total. The van der Waals surface area contributed by atoms with E-state index >= 15 is 0 Å². The summed E-state index contributed by atoms with van der Waals surface area (Å²) in [6.45, 7) is 0. The summed E-state index contributed by atoms with van der Waals surface area (Å²) in [5.74, 6) is 0. The third kappa shape index (κ3) is 4.76. The van der Waals surface area contributed by atoms with Crippen molar-refractivity contribution in [1.82, 2.24) is 9.97 Å². The summed E-state index contributed by atoms with van der Waals surface area (Å²) < 4.78 is 1.22. The van der Waals surface area contributed by atoms with E-state index in [-0.39, 0.29) is 0 Å². The van der Waals surface area contributed by atoms with Crippen LogP contribution in [-0.4, -0.2) is 9.97 Å². The molecule has 0 unspecified atom stereocenters. The predicted octanol–water partition coefficient (Wildman–Crippen LogP) is 2.35. The molecule has 2 aromatic rings. The number of nitrogens with zero attached hydrogens (tertiary/aromatic N) is 2. The van der Waals surface area contributed by atoms with Crippen molar-refractivity contribution in [2.45, 2.75) is 0 Å². The summed E-state index contributed by atoms with van der Waals surface area (Å²) in [5.41, 5.74) is 6.25. The van der Waals surface area contributed by atoms with Gasteiger partial charge in [-0.2, -0.15) is 0 Å². The number of halogens is 1. The summed E-state index contributed by atoms with van der Waals surface area (Å²) >= 11 is 2.24. The number of benzene rings is 1. The van der Waals surface area contributed by atoms with Crippen LogP contribution in [0.2, 0.25) is 0 Å². The van der Waals surface area contributed by atoms with Gasteiger partial charge in [-0.1, -0.05) is 0 Å². The van der Waals surface area contributed by atoms with E-state index in [0.29, 0.717) is 0 Å². The van der Waals surface area contributed by atoms with Crippen LogP contribution in [0.25, 0.3) is 0 Å². The average Bonchev–Trinajstić information content (AvgIpc) is 2.26. The van der Waals surface area contributed by atoms with Crippen LogP contribution in [0.1, 0.15) is 0 Å². The number of rotatable bonds is 0. The Hall–Kier alpha value is -1.17. The monoisotopic (exact) mass is 299 g/mol. The van der Waals surface area contributed by atoms with Crippen molar-refractivity contribution in [3.63, 3.8) is 0 Å². The minimum atomic E-state index is 0.824. The van der Waals surface area contributed by atoms with Crippen LogP contribution in [0.3, 0.4) is 0 Å². The summed E-state index contributed by atoms with van der Waals surface area (Å²) in [6.07, 6.45) is 4.88. The molecule has 0 aliphatic heterocycles. The number of nitrogens with two attached hydrogens (primary N) is 1. The lowest BCUT2D eigenvalue weighted by atomic mass is 10.3. The van der Waals surface area contributed by atoms with E-state index in [0.717, 1.165) is 5.69 Å². The second-order valence-corrected chi connectivity index (χ2v) is 3.70. The molecule has 14 heavy (non-hydrogen) atoms. The Bertz CT molecular complexity index is 300. The third-order valence-electron chi connectivity index (χ3n) is 1.35. The summed E-state index contributed by atoms with van der Waals surface area (Å²) in [6, 6.07) is 9.52. The van der Waals surface area contributed by atoms with E-state index < -0.39 is 0 Å². The fraction of sp³-hybridized carbons (Fsp3) is 0. The first-order valence-corrected chi connectivity index (χ1v) is 5.08. The largest absolute Gasteiger partial charge is 0.399 e. The second kappa shape index (κ2) is 6.31. The SMILES string of the molecule is Nc1ccc(I)cc1.c1cncnc1. The molecule has 4 heteroatoms. The standard InChI is InChI=1S/C6H6IN.C4H4N2/c7-5-1-3-6(8)4-2-5;1-2-5-4-6-3-1/h1-4H,8H2;1-4H. The van der Waals surface area contributed by atoms with Gasteiger partial charge in [-0.3, -0.25) is 0 Å². The highest BCUT2D eigenvalue weighted by Gasteiger charge is 1.81. The lowest BCUT2D eigenvalue weighted by molar-refractivity contribution is 1.17. The van der Waals surface area contributed by atoms with Gasteiger partial charge in [0.15, 0.2) is 0 Å². The molecular weight excluding hydrogens is 289 g/mol. The molecule has 0 bridgehead atoms. The smallest absolute Gasteiger partial charge is 0.115 e. The molecule has 1 heterocycles. The predicted molar refractivity (Wildman–Crippen MR) is 65.6 cm³/mol. The van der Waals surface area contributed by atoms with Crippen LogP contribution in [-0.2, 0) is 0 Å². The van der Waals surface area contributed by atoms with Gasteiger partial charge in [0.05, 0.1) is 0 Å². The fourth-order valence-electron chi connectivity index (χ4n) is 0.716. The van der Waals surface area contributed by atoms with Gasteiger partial charge in [-0.05, 0) is 52.9 Å². The van der Waals surface area contributed by atoms with Crippen molar-refractivity contribution < 1.29 is 0 Å². The van der Waals surface area contributed by atoms with Crippen molar-refractivity contribution in [3.8, 4) is 0 Å². The minimum Gasteiger partial charge on any atom is -0.399 e. The zero-order chi connectivity index (χ0) is 10.2. The summed E-state index contributed by atoms with van der Waals surface area (Å²) in [5, 5.41) is 0. The number of hydrogen-bond acceptors (Lipinski definition) is 3. The molecule has 0 fully saturated rings. The first kappa shape index (κ1) is 10.9. The Labute approximate surface area is 96.5 Å². The molecule has 0 aliphatic carbocycles. The maximum Gasteiger partial charge on any atom is 0.115 e. The Kier molecular flexibility index (Phi) is 4.92. The molecule has 1 aromatic carbocycles. The number of aromatic nitrogens is 2. The van der Waals surface area contributed by atoms with Gasteiger partial charge in [0.2, 0.25) is 0 Å². The van der Waals surface area contributed by atoms with Crippen molar-refractivity contribution in [2.75, 3.05) is 5.73 Å². The first-order chi connectivity index (χ1) is 6.79. The highest BCUT2D eigenvalue weighted by Crippen LogP contribution is 2.06. The normalized spacial score (nSPS) is 8.64. The van der Waals surface area contributed by atoms with Crippen molar-refractivity contribution in [3.05, 3.63) is 52.6 Å². The van der Waals surface area contributed by atoms with Crippen LogP contribution in [0.4, 0.5) is 5.69 Å². The molecule has 1 aromatic heterocycles. The molecule has 2 rings (SSSR count). The Morgan fingerprint density at radius 1 is 1.00 bits per heavy atom. The van der Waals surface area contributed by atoms with E-state index in [1.807, 2.05) is 24.3 Å². The molecular formula is C10H10IN3. The van der Waals surface area contributed by atoms with Gasteiger partial charge in [0, 0.05) is 21.7 Å². The van der Waals surface area contributed by atoms with Crippen LogP contribution in [0.5, 0.6) is 0 Å². The molecule has 0 amide bonds. The van der Waals surface area contributed by atoms with Gasteiger partial charge >= 0.3 is 0 Å². The van der Waals surface area contributed by atoms with Gasteiger partial charge in [-0.25, -0.2) is 9.97 Å². The van der Waals surface area contributed by atoms with Crippen molar-refractivity contribution >= 4 is 28.3 Å². The number of hydrogen-bond donors (Lipinski definition) is 1. The fourth-order valence-corrected chi connectivity index (χ4v) is 1.08. The lowest BCUT2D eigenvalue weighted by Crippen LogP contribution is -1.81. The Morgan fingerprint density at radius 2 is 1.57 bits per heavy atom. The highest BCUT2D eigenvalue weighted by molar-refractivity contribution is 14.1. The van der Waals surface area contributed by atoms with E-state index in [4.69, 9.17) is 5.73 Å². The second-order valence-electron chi connectivity index (χ2n) is 2.46. The van der Waals surface area contributed by atoms with Crippen molar-refractivity contribution in [1.29, 1.82) is 0 Å². The maximum atomic E-state index is 5.42. The lowest BCUT2D eigenvalue weighted by Gasteiger charge is -1.89. The maximum absolute atomic E-state index is 5.42. The number of anilines is 1. The van der Waals surface area contributed by atoms with Crippen LogP contribution >= 0.6 is 22.6 Å². The highest BCUT2D eigenvalue weighted by atomic mass is 127. The Balaban J connectivity index is 0.000000146. The zero-order valence-corrected chi connectivity index (χ0v) is 9.63. The quantitative estimate of drug-likeness (QED) is 0.600. The molecule has 2 N–H and O–H groups in total. The zero-order valence-electron chi connectivity index (χ0n) is 7.47. The van der Waals surface area contributed by atoms with Gasteiger partial charge in [0.1, 0.15) is 6.33 Å². The molecule has 0 spiro atoms. The molecule has 0 aliphatic rings. The minimum absolute atomic E-state index is 0.824. The van der Waals surface area contributed by atoms with Crippen LogP contribution in [0.15, 0.2) is 49.1 Å². The summed E-state index contributed by atoms with van der Waals surface area (Å²) in [7, 11) is 0. The average molecular weight is 299 g/mol. The van der Waals surface area contributed by atoms with Crippen LogP contribution < -0.4 is 5.73 Å². The third-order valence-corrected chi connectivity index (χ3v) is 2.07.